The van der Waals surface area contributed by atoms with Gasteiger partial charge in [-0.3, -0.25) is 14.8 Å². The van der Waals surface area contributed by atoms with Crippen LogP contribution >= 0.6 is 0 Å². The summed E-state index contributed by atoms with van der Waals surface area (Å²) in [4.78, 5) is 12.5. The second-order valence-corrected chi connectivity index (χ2v) is 4.52. The molecule has 0 aliphatic rings. The first-order chi connectivity index (χ1) is 8.58. The average molecular weight is 248 g/mol. The van der Waals surface area contributed by atoms with Gasteiger partial charge in [0.2, 0.25) is 0 Å². The summed E-state index contributed by atoms with van der Waals surface area (Å²) in [5.74, 6) is 0. The topological polar surface area (TPSA) is 64.2 Å². The number of aryl methyl sites for hydroxylation is 1. The molecule has 0 spiro atoms. The molecule has 0 unspecified atom stereocenters. The van der Waals surface area contributed by atoms with Crippen LogP contribution in [0.2, 0.25) is 0 Å². The highest BCUT2D eigenvalue weighted by Gasteiger charge is 2.09. The molecule has 1 aromatic heterocycles. The molecule has 0 N–H and O–H groups in total. The normalized spacial score (nSPS) is 11.3. The van der Waals surface area contributed by atoms with E-state index in [1.54, 1.807) is 18.3 Å². The third-order valence-electron chi connectivity index (χ3n) is 2.81. The number of nitrogens with zero attached hydrogens (tertiary/aromatic N) is 4. The fourth-order valence-corrected chi connectivity index (χ4v) is 1.89. The molecule has 0 radical (unpaired) electrons. The van der Waals surface area contributed by atoms with E-state index in [0.717, 1.165) is 30.4 Å². The Bertz CT molecular complexity index is 562. The molecule has 0 bridgehead atoms. The summed E-state index contributed by atoms with van der Waals surface area (Å²) in [5, 5.41) is 16.0. The van der Waals surface area contributed by atoms with E-state index in [9.17, 15) is 10.1 Å². The van der Waals surface area contributed by atoms with Crippen molar-refractivity contribution in [3.63, 3.8) is 0 Å². The summed E-state index contributed by atoms with van der Waals surface area (Å²) < 4.78 is 1.83. The molecule has 0 saturated heterocycles. The highest BCUT2D eigenvalue weighted by atomic mass is 16.6. The second kappa shape index (κ2) is 5.14. The maximum absolute atomic E-state index is 10.8. The molecule has 0 atom stereocenters. The highest BCUT2D eigenvalue weighted by Crippen LogP contribution is 2.20. The number of nitro benzene ring substituents is 1. The van der Waals surface area contributed by atoms with Crippen molar-refractivity contribution in [1.29, 1.82) is 0 Å². The van der Waals surface area contributed by atoms with Gasteiger partial charge in [-0.15, -0.1) is 0 Å². The highest BCUT2D eigenvalue weighted by molar-refractivity contribution is 5.80. The molecule has 2 rings (SSSR count). The maximum Gasteiger partial charge on any atom is 0.271 e. The van der Waals surface area contributed by atoms with E-state index in [0.29, 0.717) is 0 Å². The summed E-state index contributed by atoms with van der Waals surface area (Å²) in [5.41, 5.74) is 0.930. The molecule has 18 heavy (non-hydrogen) atoms. The van der Waals surface area contributed by atoms with Crippen molar-refractivity contribution in [2.45, 2.75) is 13.0 Å². The van der Waals surface area contributed by atoms with Crippen LogP contribution in [0.15, 0.2) is 24.4 Å². The van der Waals surface area contributed by atoms with Crippen LogP contribution < -0.4 is 0 Å². The lowest BCUT2D eigenvalue weighted by atomic mass is 10.2. The van der Waals surface area contributed by atoms with Crippen LogP contribution in [0.3, 0.4) is 0 Å². The van der Waals surface area contributed by atoms with Gasteiger partial charge in [0.15, 0.2) is 0 Å². The van der Waals surface area contributed by atoms with Crippen molar-refractivity contribution in [2.75, 3.05) is 20.6 Å². The number of non-ortho nitro benzene ring substituents is 1. The Labute approximate surface area is 105 Å². The van der Waals surface area contributed by atoms with Crippen LogP contribution in [0.1, 0.15) is 6.42 Å². The van der Waals surface area contributed by atoms with Gasteiger partial charge in [-0.05, 0) is 33.1 Å². The summed E-state index contributed by atoms with van der Waals surface area (Å²) in [6, 6.07) is 4.83. The first-order valence-electron chi connectivity index (χ1n) is 5.82. The molecular weight excluding hydrogens is 232 g/mol. The molecule has 0 saturated carbocycles. The van der Waals surface area contributed by atoms with Crippen molar-refractivity contribution in [1.82, 2.24) is 14.7 Å². The molecule has 1 aromatic carbocycles. The van der Waals surface area contributed by atoms with Crippen LogP contribution in [0, 0.1) is 10.1 Å². The second-order valence-electron chi connectivity index (χ2n) is 4.52. The lowest BCUT2D eigenvalue weighted by Crippen LogP contribution is -2.15. The predicted molar refractivity (Wildman–Crippen MR) is 69.6 cm³/mol. The van der Waals surface area contributed by atoms with Gasteiger partial charge >= 0.3 is 0 Å². The van der Waals surface area contributed by atoms with E-state index in [1.807, 2.05) is 18.8 Å². The standard InChI is InChI=1S/C12H16N4O2/c1-14(2)6-3-7-15-12-8-11(16(17)18)5-4-10(12)9-13-15/h4-5,8-9H,3,6-7H2,1-2H3. The Morgan fingerprint density at radius 1 is 1.44 bits per heavy atom. The minimum Gasteiger partial charge on any atom is -0.309 e. The maximum atomic E-state index is 10.8. The monoisotopic (exact) mass is 248 g/mol. The number of fused-ring (bicyclic) bond motifs is 1. The number of nitro groups is 1. The zero-order chi connectivity index (χ0) is 13.1. The van der Waals surface area contributed by atoms with E-state index >= 15 is 0 Å². The minimum absolute atomic E-state index is 0.108. The molecule has 96 valence electrons. The summed E-state index contributed by atoms with van der Waals surface area (Å²) in [7, 11) is 4.04. The van der Waals surface area contributed by atoms with Gasteiger partial charge in [-0.25, -0.2) is 0 Å². The molecule has 0 fully saturated rings. The summed E-state index contributed by atoms with van der Waals surface area (Å²) >= 11 is 0. The van der Waals surface area contributed by atoms with E-state index in [-0.39, 0.29) is 10.6 Å². The molecule has 0 amide bonds. The van der Waals surface area contributed by atoms with Crippen LogP contribution in [-0.4, -0.2) is 40.2 Å². The Hall–Kier alpha value is -1.95. The Morgan fingerprint density at radius 2 is 2.22 bits per heavy atom. The van der Waals surface area contributed by atoms with Crippen LogP contribution in [-0.2, 0) is 6.54 Å². The molecule has 2 aromatic rings. The Kier molecular flexibility index (Phi) is 3.57. The number of hydrogen-bond acceptors (Lipinski definition) is 4. The molecule has 0 aliphatic carbocycles. The number of hydrogen-bond donors (Lipinski definition) is 0. The van der Waals surface area contributed by atoms with Gasteiger partial charge in [0.1, 0.15) is 0 Å². The fourth-order valence-electron chi connectivity index (χ4n) is 1.89. The average Bonchev–Trinajstić information content (AvgIpc) is 2.71. The smallest absolute Gasteiger partial charge is 0.271 e. The first-order valence-corrected chi connectivity index (χ1v) is 5.82. The molecule has 0 aliphatic heterocycles. The largest absolute Gasteiger partial charge is 0.309 e. The van der Waals surface area contributed by atoms with Crippen molar-refractivity contribution >= 4 is 16.6 Å². The van der Waals surface area contributed by atoms with E-state index in [1.165, 1.54) is 6.07 Å². The van der Waals surface area contributed by atoms with Gasteiger partial charge in [-0.1, -0.05) is 0 Å². The van der Waals surface area contributed by atoms with Crippen molar-refractivity contribution < 1.29 is 4.92 Å². The lowest BCUT2D eigenvalue weighted by molar-refractivity contribution is -0.384. The Morgan fingerprint density at radius 3 is 2.89 bits per heavy atom. The Balaban J connectivity index is 2.22. The molecule has 6 heteroatoms. The molecular formula is C12H16N4O2. The van der Waals surface area contributed by atoms with Crippen LogP contribution in [0.4, 0.5) is 5.69 Å². The SMILES string of the molecule is CN(C)CCCn1ncc2ccc([N+](=O)[O-])cc21. The van der Waals surface area contributed by atoms with Gasteiger partial charge in [0.25, 0.3) is 5.69 Å². The zero-order valence-corrected chi connectivity index (χ0v) is 10.5. The fraction of sp³-hybridized carbons (Fsp3) is 0.417. The van der Waals surface area contributed by atoms with Crippen molar-refractivity contribution in [3.8, 4) is 0 Å². The van der Waals surface area contributed by atoms with Crippen LogP contribution in [0.25, 0.3) is 10.9 Å². The van der Waals surface area contributed by atoms with E-state index in [2.05, 4.69) is 10.00 Å². The van der Waals surface area contributed by atoms with Crippen LogP contribution in [0.5, 0.6) is 0 Å². The van der Waals surface area contributed by atoms with Gasteiger partial charge in [-0.2, -0.15) is 5.10 Å². The minimum atomic E-state index is -0.378. The van der Waals surface area contributed by atoms with Gasteiger partial charge in [0.05, 0.1) is 16.6 Å². The number of aromatic nitrogens is 2. The lowest BCUT2D eigenvalue weighted by Gasteiger charge is -2.09. The number of benzene rings is 1. The zero-order valence-electron chi connectivity index (χ0n) is 10.5. The first kappa shape index (κ1) is 12.5. The third-order valence-corrected chi connectivity index (χ3v) is 2.81. The summed E-state index contributed by atoms with van der Waals surface area (Å²) in [6.45, 7) is 1.74. The quantitative estimate of drug-likeness (QED) is 0.598. The van der Waals surface area contributed by atoms with Gasteiger partial charge in [0, 0.05) is 24.1 Å². The third kappa shape index (κ3) is 2.65. The van der Waals surface area contributed by atoms with Crippen molar-refractivity contribution in [2.24, 2.45) is 0 Å². The molecule has 6 nitrogen and oxygen atoms in total. The van der Waals surface area contributed by atoms with E-state index < -0.39 is 0 Å². The number of rotatable bonds is 5. The molecule has 1 heterocycles. The van der Waals surface area contributed by atoms with Crippen molar-refractivity contribution in [3.05, 3.63) is 34.5 Å². The van der Waals surface area contributed by atoms with Gasteiger partial charge < -0.3 is 4.90 Å². The predicted octanol–water partition coefficient (Wildman–Crippen LogP) is 1.90. The van der Waals surface area contributed by atoms with E-state index in [4.69, 9.17) is 0 Å². The summed E-state index contributed by atoms with van der Waals surface area (Å²) in [6.07, 6.45) is 2.71.